The summed E-state index contributed by atoms with van der Waals surface area (Å²) >= 11 is 0. The lowest BCUT2D eigenvalue weighted by Gasteiger charge is -2.20. The van der Waals surface area contributed by atoms with Crippen LogP contribution in [0.1, 0.15) is 19.8 Å². The molecule has 1 amide bonds. The molecule has 4 heteroatoms. The van der Waals surface area contributed by atoms with Crippen LogP contribution in [0.2, 0.25) is 0 Å². The first-order chi connectivity index (χ1) is 10.2. The summed E-state index contributed by atoms with van der Waals surface area (Å²) in [5.41, 5.74) is 0. The molecule has 0 unspecified atom stereocenters. The Labute approximate surface area is 123 Å². The summed E-state index contributed by atoms with van der Waals surface area (Å²) in [5, 5.41) is 11.9. The molecule has 2 aromatic carbocycles. The Morgan fingerprint density at radius 3 is 2.57 bits per heavy atom. The van der Waals surface area contributed by atoms with Crippen LogP contribution in [0.4, 0.5) is 0 Å². The average Bonchev–Trinajstić information content (AvgIpc) is 3.30. The van der Waals surface area contributed by atoms with Gasteiger partial charge in [-0.3, -0.25) is 4.79 Å². The van der Waals surface area contributed by atoms with Crippen LogP contribution in [0.25, 0.3) is 10.8 Å². The van der Waals surface area contributed by atoms with E-state index in [0.29, 0.717) is 18.3 Å². The quantitative estimate of drug-likeness (QED) is 0.919. The predicted octanol–water partition coefficient (Wildman–Crippen LogP) is 2.94. The van der Waals surface area contributed by atoms with Gasteiger partial charge in [-0.25, -0.2) is 0 Å². The van der Waals surface area contributed by atoms with Gasteiger partial charge >= 0.3 is 0 Å². The Hall–Kier alpha value is -2.23. The second-order valence-corrected chi connectivity index (χ2v) is 5.37. The number of benzene rings is 2. The largest absolute Gasteiger partial charge is 0.504 e. The molecule has 2 aromatic rings. The molecule has 0 aromatic heterocycles. The summed E-state index contributed by atoms with van der Waals surface area (Å²) in [6.07, 6.45) is 2.17. The van der Waals surface area contributed by atoms with Gasteiger partial charge in [0.15, 0.2) is 18.1 Å². The Kier molecular flexibility index (Phi) is 3.69. The maximum absolute atomic E-state index is 12.1. The minimum Gasteiger partial charge on any atom is -0.504 e. The molecule has 1 aliphatic rings. The van der Waals surface area contributed by atoms with E-state index < -0.39 is 0 Å². The van der Waals surface area contributed by atoms with Crippen molar-refractivity contribution >= 4 is 16.7 Å². The molecule has 0 heterocycles. The van der Waals surface area contributed by atoms with Gasteiger partial charge in [-0.2, -0.15) is 0 Å². The molecule has 0 spiro atoms. The van der Waals surface area contributed by atoms with Gasteiger partial charge in [0.2, 0.25) is 0 Å². The van der Waals surface area contributed by atoms with Gasteiger partial charge in [-0.15, -0.1) is 0 Å². The molecule has 1 aliphatic carbocycles. The third-order valence-electron chi connectivity index (χ3n) is 3.83. The molecule has 0 bridgehead atoms. The number of rotatable bonds is 5. The number of nitrogens with zero attached hydrogens (tertiary/aromatic N) is 1. The molecule has 21 heavy (non-hydrogen) atoms. The maximum Gasteiger partial charge on any atom is 0.260 e. The first-order valence-corrected chi connectivity index (χ1v) is 7.33. The molecule has 4 nitrogen and oxygen atoms in total. The van der Waals surface area contributed by atoms with Gasteiger partial charge in [0.25, 0.3) is 5.91 Å². The highest BCUT2D eigenvalue weighted by atomic mass is 16.5. The third-order valence-corrected chi connectivity index (χ3v) is 3.83. The molecule has 3 rings (SSSR count). The fraction of sp³-hybridized carbons (Fsp3) is 0.353. The van der Waals surface area contributed by atoms with E-state index in [9.17, 15) is 9.90 Å². The van der Waals surface area contributed by atoms with Crippen LogP contribution in [0.5, 0.6) is 11.5 Å². The van der Waals surface area contributed by atoms with Crippen molar-refractivity contribution in [3.05, 3.63) is 36.4 Å². The number of hydrogen-bond donors (Lipinski definition) is 1. The zero-order valence-corrected chi connectivity index (χ0v) is 12.1. The highest BCUT2D eigenvalue weighted by molar-refractivity contribution is 5.86. The minimum atomic E-state index is -0.0315. The minimum absolute atomic E-state index is 0.0208. The van der Waals surface area contributed by atoms with Crippen molar-refractivity contribution in [2.24, 2.45) is 0 Å². The number of phenols is 1. The topological polar surface area (TPSA) is 49.8 Å². The van der Waals surface area contributed by atoms with Crippen molar-refractivity contribution in [1.29, 1.82) is 0 Å². The Bertz CT molecular complexity index is 664. The zero-order valence-electron chi connectivity index (χ0n) is 12.1. The van der Waals surface area contributed by atoms with Crippen LogP contribution < -0.4 is 4.74 Å². The van der Waals surface area contributed by atoms with E-state index in [-0.39, 0.29) is 18.3 Å². The van der Waals surface area contributed by atoms with Gasteiger partial charge in [-0.05, 0) is 42.7 Å². The third kappa shape index (κ3) is 2.94. The summed E-state index contributed by atoms with van der Waals surface area (Å²) in [7, 11) is 0. The number of aromatic hydroxyl groups is 1. The van der Waals surface area contributed by atoms with Gasteiger partial charge in [-0.1, -0.05) is 24.3 Å². The van der Waals surface area contributed by atoms with Crippen LogP contribution in [0, 0.1) is 0 Å². The molecule has 0 aliphatic heterocycles. The number of amides is 1. The van der Waals surface area contributed by atoms with Crippen LogP contribution in [-0.2, 0) is 4.79 Å². The molecule has 0 radical (unpaired) electrons. The standard InChI is InChI=1S/C17H19NO3/c1-2-18(14-7-8-14)17(20)11-21-16-10-13-6-4-3-5-12(13)9-15(16)19/h3-6,9-10,14,19H,2,7-8,11H2,1H3. The number of carbonyl (C=O) groups is 1. The molecule has 1 N–H and O–H groups in total. The van der Waals surface area contributed by atoms with Crippen molar-refractivity contribution in [3.8, 4) is 11.5 Å². The number of carbonyl (C=O) groups excluding carboxylic acids is 1. The van der Waals surface area contributed by atoms with Crippen molar-refractivity contribution in [2.75, 3.05) is 13.2 Å². The highest BCUT2D eigenvalue weighted by Crippen LogP contribution is 2.32. The van der Waals surface area contributed by atoms with Gasteiger partial charge in [0.1, 0.15) is 0 Å². The molecule has 0 saturated heterocycles. The van der Waals surface area contributed by atoms with Gasteiger partial charge in [0.05, 0.1) is 0 Å². The van der Waals surface area contributed by atoms with Crippen molar-refractivity contribution in [1.82, 2.24) is 4.90 Å². The van der Waals surface area contributed by atoms with Crippen molar-refractivity contribution in [2.45, 2.75) is 25.8 Å². The number of ether oxygens (including phenoxy) is 1. The van der Waals surface area contributed by atoms with E-state index in [2.05, 4.69) is 0 Å². The lowest BCUT2D eigenvalue weighted by molar-refractivity contribution is -0.133. The van der Waals surface area contributed by atoms with Gasteiger partial charge in [0, 0.05) is 12.6 Å². The normalized spacial score (nSPS) is 14.1. The smallest absolute Gasteiger partial charge is 0.260 e. The number of fused-ring (bicyclic) bond motifs is 1. The van der Waals surface area contributed by atoms with E-state index in [1.54, 1.807) is 12.1 Å². The first-order valence-electron chi connectivity index (χ1n) is 7.33. The second kappa shape index (κ2) is 5.64. The number of hydrogen-bond acceptors (Lipinski definition) is 3. The van der Waals surface area contributed by atoms with E-state index in [1.807, 2.05) is 36.1 Å². The molecular formula is C17H19NO3. The summed E-state index contributed by atoms with van der Waals surface area (Å²) in [4.78, 5) is 14.0. The van der Waals surface area contributed by atoms with E-state index in [4.69, 9.17) is 4.74 Å². The molecule has 1 saturated carbocycles. The lowest BCUT2D eigenvalue weighted by Crippen LogP contribution is -2.36. The predicted molar refractivity (Wildman–Crippen MR) is 81.5 cm³/mol. The number of phenolic OH excluding ortho intramolecular Hbond substituents is 1. The Balaban J connectivity index is 1.72. The van der Waals surface area contributed by atoms with Crippen molar-refractivity contribution < 1.29 is 14.6 Å². The Morgan fingerprint density at radius 1 is 1.29 bits per heavy atom. The van der Waals surface area contributed by atoms with Crippen LogP contribution in [0.15, 0.2) is 36.4 Å². The lowest BCUT2D eigenvalue weighted by atomic mass is 10.1. The number of likely N-dealkylation sites (N-methyl/N-ethyl adjacent to an activating group) is 1. The van der Waals surface area contributed by atoms with E-state index in [0.717, 1.165) is 23.6 Å². The fourth-order valence-corrected chi connectivity index (χ4v) is 2.57. The maximum atomic E-state index is 12.1. The fourth-order valence-electron chi connectivity index (χ4n) is 2.57. The summed E-state index contributed by atoms with van der Waals surface area (Å²) in [6, 6.07) is 11.5. The van der Waals surface area contributed by atoms with Crippen LogP contribution in [0.3, 0.4) is 0 Å². The molecule has 0 atom stereocenters. The Morgan fingerprint density at radius 2 is 1.95 bits per heavy atom. The first kappa shape index (κ1) is 13.7. The molecular weight excluding hydrogens is 266 g/mol. The highest BCUT2D eigenvalue weighted by Gasteiger charge is 2.31. The average molecular weight is 285 g/mol. The van der Waals surface area contributed by atoms with Crippen molar-refractivity contribution in [3.63, 3.8) is 0 Å². The van der Waals surface area contributed by atoms with Crippen LogP contribution >= 0.6 is 0 Å². The molecule has 110 valence electrons. The zero-order chi connectivity index (χ0) is 14.8. The van der Waals surface area contributed by atoms with Crippen LogP contribution in [-0.4, -0.2) is 35.1 Å². The summed E-state index contributed by atoms with van der Waals surface area (Å²) in [6.45, 7) is 2.65. The van der Waals surface area contributed by atoms with E-state index >= 15 is 0 Å². The molecule has 1 fully saturated rings. The second-order valence-electron chi connectivity index (χ2n) is 5.37. The van der Waals surface area contributed by atoms with E-state index in [1.165, 1.54) is 0 Å². The monoisotopic (exact) mass is 285 g/mol. The van der Waals surface area contributed by atoms with Gasteiger partial charge < -0.3 is 14.7 Å². The summed E-state index contributed by atoms with van der Waals surface area (Å²) in [5.74, 6) is 0.400. The SMILES string of the molecule is CCN(C(=O)COc1cc2ccccc2cc1O)C1CC1. The summed E-state index contributed by atoms with van der Waals surface area (Å²) < 4.78 is 5.53.